The molecule has 1 aliphatic rings. The van der Waals surface area contributed by atoms with Gasteiger partial charge in [-0.05, 0) is 86.8 Å². The SMILES string of the molecule is CCCC(=O)C1(C)CC(C)C1.CCCC(CCC)c1cn(C)c2ccc(NC=O)cc12.Cc1cc(C#N)ccn1. The van der Waals surface area contributed by atoms with Gasteiger partial charge in [0, 0.05) is 53.6 Å². The highest BCUT2D eigenvalue weighted by molar-refractivity contribution is 5.89. The van der Waals surface area contributed by atoms with Crippen LogP contribution in [-0.2, 0) is 16.6 Å². The third-order valence-corrected chi connectivity index (χ3v) is 7.73. The number of amides is 1. The Morgan fingerprint density at radius 3 is 2.35 bits per heavy atom. The Morgan fingerprint density at radius 2 is 1.85 bits per heavy atom. The van der Waals surface area contributed by atoms with Crippen molar-refractivity contribution in [3.8, 4) is 6.07 Å². The first kappa shape index (κ1) is 32.8. The molecule has 2 aromatic heterocycles. The average molecular weight is 545 g/mol. The van der Waals surface area contributed by atoms with Gasteiger partial charge in [-0.2, -0.15) is 5.26 Å². The molecule has 0 saturated heterocycles. The molecule has 216 valence electrons. The van der Waals surface area contributed by atoms with E-state index >= 15 is 0 Å². The summed E-state index contributed by atoms with van der Waals surface area (Å²) in [4.78, 5) is 26.1. The molecule has 0 bridgehead atoms. The number of nitrogens with zero attached hydrogens (tertiary/aromatic N) is 3. The van der Waals surface area contributed by atoms with Crippen LogP contribution in [0.2, 0.25) is 0 Å². The minimum absolute atomic E-state index is 0.0649. The summed E-state index contributed by atoms with van der Waals surface area (Å²) in [6.07, 6.45) is 13.5. The lowest BCUT2D eigenvalue weighted by atomic mass is 9.61. The molecule has 3 aromatic rings. The summed E-state index contributed by atoms with van der Waals surface area (Å²) in [5.41, 5.74) is 5.13. The van der Waals surface area contributed by atoms with Crippen molar-refractivity contribution in [1.82, 2.24) is 9.55 Å². The molecular formula is C34H48N4O2. The highest BCUT2D eigenvalue weighted by atomic mass is 16.1. The van der Waals surface area contributed by atoms with E-state index in [0.29, 0.717) is 17.3 Å². The maximum atomic E-state index is 11.5. The number of fused-ring (bicyclic) bond motifs is 1. The van der Waals surface area contributed by atoms with E-state index in [1.165, 1.54) is 42.1 Å². The summed E-state index contributed by atoms with van der Waals surface area (Å²) in [5.74, 6) is 1.87. The number of ketones is 1. The molecule has 2 heterocycles. The van der Waals surface area contributed by atoms with E-state index in [2.05, 4.69) is 74.9 Å². The Labute approximate surface area is 241 Å². The molecule has 1 aliphatic carbocycles. The first-order chi connectivity index (χ1) is 19.1. The molecule has 1 aromatic carbocycles. The van der Waals surface area contributed by atoms with Crippen molar-refractivity contribution < 1.29 is 9.59 Å². The van der Waals surface area contributed by atoms with Crippen LogP contribution in [0, 0.1) is 29.6 Å². The topological polar surface area (TPSA) is 87.8 Å². The van der Waals surface area contributed by atoms with Gasteiger partial charge in [0.2, 0.25) is 6.41 Å². The van der Waals surface area contributed by atoms with Crippen LogP contribution < -0.4 is 5.32 Å². The molecule has 0 unspecified atom stereocenters. The predicted octanol–water partition coefficient (Wildman–Crippen LogP) is 8.48. The number of aryl methyl sites for hydroxylation is 2. The molecule has 1 amide bonds. The number of aromatic nitrogens is 2. The lowest BCUT2D eigenvalue weighted by Gasteiger charge is -2.42. The number of carbonyl (C=O) groups is 2. The average Bonchev–Trinajstić information content (AvgIpc) is 3.24. The minimum atomic E-state index is 0.0649. The van der Waals surface area contributed by atoms with Gasteiger partial charge in [-0.15, -0.1) is 0 Å². The van der Waals surface area contributed by atoms with Crippen molar-refractivity contribution in [2.24, 2.45) is 18.4 Å². The Bertz CT molecular complexity index is 1270. The highest BCUT2D eigenvalue weighted by Gasteiger charge is 2.42. The van der Waals surface area contributed by atoms with Crippen molar-refractivity contribution in [1.29, 1.82) is 5.26 Å². The molecule has 40 heavy (non-hydrogen) atoms. The number of Topliss-reactive ketones (excluding diaryl/α,β-unsaturated/α-hetero) is 1. The molecule has 0 atom stereocenters. The monoisotopic (exact) mass is 544 g/mol. The fraction of sp³-hybridized carbons (Fsp3) is 0.529. The van der Waals surface area contributed by atoms with Crippen molar-refractivity contribution in [2.75, 3.05) is 5.32 Å². The Morgan fingerprint density at radius 1 is 1.18 bits per heavy atom. The predicted molar refractivity (Wildman–Crippen MR) is 165 cm³/mol. The standard InChI is InChI=1S/C17H24N2O.C10H18O.C7H6N2/c1-4-6-13(7-5-2)16-11-19(3)17-9-8-14(18-12-20)10-15(16)17;1-4-5-9(11)10(3)6-8(2)7-10;1-6-4-7(5-8)2-3-9-6/h8-13H,4-7H2,1-3H3,(H,18,20);8H,4-7H2,1-3H3;2-4H,1H3. The van der Waals surface area contributed by atoms with Crippen LogP contribution >= 0.6 is 0 Å². The van der Waals surface area contributed by atoms with Crippen LogP contribution in [0.25, 0.3) is 10.9 Å². The molecular weight excluding hydrogens is 496 g/mol. The smallest absolute Gasteiger partial charge is 0.211 e. The summed E-state index contributed by atoms with van der Waals surface area (Å²) in [7, 11) is 2.09. The molecule has 0 aliphatic heterocycles. The fourth-order valence-corrected chi connectivity index (χ4v) is 5.91. The Kier molecular flexibility index (Phi) is 13.1. The molecule has 1 fully saturated rings. The number of anilines is 1. The largest absolute Gasteiger partial charge is 0.350 e. The van der Waals surface area contributed by atoms with Gasteiger partial charge in [-0.1, -0.05) is 47.5 Å². The molecule has 0 radical (unpaired) electrons. The van der Waals surface area contributed by atoms with E-state index in [1.54, 1.807) is 18.3 Å². The lowest BCUT2D eigenvalue weighted by Crippen LogP contribution is -2.40. The number of pyridine rings is 1. The zero-order valence-electron chi connectivity index (χ0n) is 25.6. The molecule has 1 saturated carbocycles. The Hall–Kier alpha value is -3.46. The fourth-order valence-electron chi connectivity index (χ4n) is 5.91. The number of hydrogen-bond acceptors (Lipinski definition) is 4. The molecule has 6 heteroatoms. The van der Waals surface area contributed by atoms with Gasteiger partial charge in [0.25, 0.3) is 0 Å². The Balaban J connectivity index is 0.000000235. The minimum Gasteiger partial charge on any atom is -0.350 e. The van der Waals surface area contributed by atoms with Crippen LogP contribution in [0.5, 0.6) is 0 Å². The van der Waals surface area contributed by atoms with Gasteiger partial charge in [-0.25, -0.2) is 0 Å². The number of hydrogen-bond donors (Lipinski definition) is 1. The van der Waals surface area contributed by atoms with Crippen molar-refractivity contribution in [2.45, 2.75) is 98.8 Å². The van der Waals surface area contributed by atoms with Crippen LogP contribution in [0.1, 0.15) is 109 Å². The highest BCUT2D eigenvalue weighted by Crippen LogP contribution is 2.46. The van der Waals surface area contributed by atoms with E-state index in [9.17, 15) is 9.59 Å². The normalized spacial score (nSPS) is 17.5. The van der Waals surface area contributed by atoms with Gasteiger partial charge in [-0.3, -0.25) is 14.6 Å². The summed E-state index contributed by atoms with van der Waals surface area (Å²) in [6.45, 7) is 12.8. The van der Waals surface area contributed by atoms with E-state index in [1.807, 2.05) is 19.1 Å². The first-order valence-corrected chi connectivity index (χ1v) is 14.8. The van der Waals surface area contributed by atoms with Crippen LogP contribution in [-0.4, -0.2) is 21.7 Å². The van der Waals surface area contributed by atoms with Crippen LogP contribution in [0.15, 0.2) is 42.7 Å². The molecule has 6 nitrogen and oxygen atoms in total. The van der Waals surface area contributed by atoms with E-state index in [4.69, 9.17) is 5.26 Å². The van der Waals surface area contributed by atoms with Gasteiger partial charge < -0.3 is 9.88 Å². The summed E-state index contributed by atoms with van der Waals surface area (Å²) >= 11 is 0. The van der Waals surface area contributed by atoms with Gasteiger partial charge >= 0.3 is 0 Å². The maximum Gasteiger partial charge on any atom is 0.211 e. The van der Waals surface area contributed by atoms with Crippen LogP contribution in [0.4, 0.5) is 5.69 Å². The van der Waals surface area contributed by atoms with Gasteiger partial charge in [0.15, 0.2) is 0 Å². The van der Waals surface area contributed by atoms with E-state index in [-0.39, 0.29) is 5.41 Å². The van der Waals surface area contributed by atoms with Gasteiger partial charge in [0.1, 0.15) is 5.78 Å². The summed E-state index contributed by atoms with van der Waals surface area (Å²) in [6, 6.07) is 11.6. The summed E-state index contributed by atoms with van der Waals surface area (Å²) in [5, 5.41) is 12.4. The lowest BCUT2D eigenvalue weighted by molar-refractivity contribution is -0.134. The van der Waals surface area contributed by atoms with Crippen LogP contribution in [0.3, 0.4) is 0 Å². The third-order valence-electron chi connectivity index (χ3n) is 7.73. The summed E-state index contributed by atoms with van der Waals surface area (Å²) < 4.78 is 2.19. The van der Waals surface area contributed by atoms with Crippen molar-refractivity contribution in [3.05, 3.63) is 59.5 Å². The second-order valence-electron chi connectivity index (χ2n) is 11.5. The van der Waals surface area contributed by atoms with E-state index in [0.717, 1.165) is 49.4 Å². The van der Waals surface area contributed by atoms with E-state index < -0.39 is 0 Å². The number of carbonyl (C=O) groups excluding carboxylic acids is 2. The molecule has 1 N–H and O–H groups in total. The van der Waals surface area contributed by atoms with Crippen molar-refractivity contribution >= 4 is 28.8 Å². The molecule has 0 spiro atoms. The third kappa shape index (κ3) is 9.05. The number of nitrogens with one attached hydrogen (secondary N) is 1. The number of nitriles is 1. The zero-order valence-corrected chi connectivity index (χ0v) is 25.6. The zero-order chi connectivity index (χ0) is 29.7. The van der Waals surface area contributed by atoms with Crippen molar-refractivity contribution in [3.63, 3.8) is 0 Å². The van der Waals surface area contributed by atoms with Gasteiger partial charge in [0.05, 0.1) is 11.6 Å². The maximum absolute atomic E-state index is 11.5. The number of benzene rings is 1. The number of rotatable bonds is 10. The molecule has 4 rings (SSSR count). The second-order valence-corrected chi connectivity index (χ2v) is 11.5. The quantitative estimate of drug-likeness (QED) is 0.259. The first-order valence-electron chi connectivity index (χ1n) is 14.8. The second kappa shape index (κ2) is 16.0.